The summed E-state index contributed by atoms with van der Waals surface area (Å²) >= 11 is 12.7. The van der Waals surface area contributed by atoms with Gasteiger partial charge in [0.1, 0.15) is 6.33 Å². The average Bonchev–Trinajstić information content (AvgIpc) is 3.29. The Morgan fingerprint density at radius 1 is 0.935 bits per heavy atom. The predicted molar refractivity (Wildman–Crippen MR) is 123 cm³/mol. The van der Waals surface area contributed by atoms with E-state index in [-0.39, 0.29) is 0 Å². The number of para-hydroxylation sites is 2. The highest BCUT2D eigenvalue weighted by Crippen LogP contribution is 2.33. The maximum Gasteiger partial charge on any atom is 0.165 e. The third kappa shape index (κ3) is 4.04. The molecule has 3 aliphatic rings. The maximum atomic E-state index is 6.35. The number of fused-ring (bicyclic) bond motifs is 1. The van der Waals surface area contributed by atoms with Gasteiger partial charge in [0.15, 0.2) is 17.3 Å². The molecule has 0 aliphatic carbocycles. The molecule has 2 aromatic carbocycles. The smallest absolute Gasteiger partial charge is 0.165 e. The van der Waals surface area contributed by atoms with Crippen LogP contribution in [0.25, 0.3) is 11.5 Å². The number of ether oxygens (including phenoxy) is 1. The molecule has 3 heterocycles. The minimum Gasteiger partial charge on any atom is -0.378 e. The fourth-order valence-corrected chi connectivity index (χ4v) is 4.25. The van der Waals surface area contributed by atoms with Gasteiger partial charge in [0.05, 0.1) is 37.5 Å². The molecule has 2 aromatic rings. The van der Waals surface area contributed by atoms with Gasteiger partial charge in [-0.05, 0) is 24.3 Å². The van der Waals surface area contributed by atoms with E-state index in [1.165, 1.54) is 6.33 Å². The lowest BCUT2D eigenvalue weighted by atomic mass is 10.2. The Kier molecular flexibility index (Phi) is 5.63. The van der Waals surface area contributed by atoms with Gasteiger partial charge in [-0.3, -0.25) is 0 Å². The molecule has 0 amide bonds. The number of rotatable bonds is 5. The lowest BCUT2D eigenvalue weighted by Crippen LogP contribution is -2.36. The van der Waals surface area contributed by atoms with E-state index in [0.29, 0.717) is 33.9 Å². The molecule has 0 aromatic heterocycles. The van der Waals surface area contributed by atoms with Gasteiger partial charge in [0.25, 0.3) is 0 Å². The zero-order valence-electron chi connectivity index (χ0n) is 16.6. The van der Waals surface area contributed by atoms with Gasteiger partial charge in [0.2, 0.25) is 0 Å². The molecule has 0 bridgehead atoms. The number of benzene rings is 2. The van der Waals surface area contributed by atoms with Gasteiger partial charge < -0.3 is 19.5 Å². The van der Waals surface area contributed by atoms with Crippen molar-refractivity contribution in [3.05, 3.63) is 70.7 Å². The molecular formula is C22H20Cl2N6O. The van der Waals surface area contributed by atoms with Gasteiger partial charge in [-0.1, -0.05) is 41.4 Å². The quantitative estimate of drug-likeness (QED) is 0.470. The van der Waals surface area contributed by atoms with Crippen molar-refractivity contribution in [3.63, 3.8) is 0 Å². The number of nitrogens with zero attached hydrogens (tertiary/aromatic N) is 5. The number of hydrogen-bond donors (Lipinski definition) is 1. The normalized spacial score (nSPS) is 14.2. The first kappa shape index (κ1) is 20.1. The molecule has 9 heteroatoms. The van der Waals surface area contributed by atoms with Crippen molar-refractivity contribution >= 4 is 40.4 Å². The van der Waals surface area contributed by atoms with Crippen LogP contribution in [-0.2, 0) is 11.3 Å². The third-order valence-electron chi connectivity index (χ3n) is 5.30. The highest BCUT2D eigenvalue weighted by Gasteiger charge is 2.20. The van der Waals surface area contributed by atoms with Gasteiger partial charge in [-0.25, -0.2) is 15.0 Å². The van der Waals surface area contributed by atoms with Gasteiger partial charge >= 0.3 is 0 Å². The Morgan fingerprint density at radius 2 is 1.71 bits per heavy atom. The lowest BCUT2D eigenvalue weighted by Gasteiger charge is -2.30. The van der Waals surface area contributed by atoms with Crippen LogP contribution in [0.5, 0.6) is 0 Å². The molecule has 0 unspecified atom stereocenters. The van der Waals surface area contributed by atoms with E-state index in [2.05, 4.69) is 31.2 Å². The summed E-state index contributed by atoms with van der Waals surface area (Å²) < 4.78 is 7.39. The summed E-state index contributed by atoms with van der Waals surface area (Å²) in [7, 11) is 0. The largest absolute Gasteiger partial charge is 0.378 e. The van der Waals surface area contributed by atoms with E-state index in [1.54, 1.807) is 6.33 Å². The number of imidazole rings is 1. The zero-order chi connectivity index (χ0) is 21.2. The molecule has 1 N–H and O–H groups in total. The first-order valence-electron chi connectivity index (χ1n) is 9.98. The Balaban J connectivity index is 1.47. The van der Waals surface area contributed by atoms with Crippen LogP contribution in [0.4, 0.5) is 17.2 Å². The van der Waals surface area contributed by atoms with Crippen LogP contribution < -0.4 is 10.2 Å². The number of morpholine rings is 1. The number of halogens is 2. The van der Waals surface area contributed by atoms with Gasteiger partial charge in [-0.15, -0.1) is 0 Å². The third-order valence-corrected chi connectivity index (χ3v) is 6.01. The molecular weight excluding hydrogens is 435 g/mol. The van der Waals surface area contributed by atoms with Crippen molar-refractivity contribution in [1.82, 2.24) is 19.5 Å². The summed E-state index contributed by atoms with van der Waals surface area (Å²) in [6.07, 6.45) is 3.27. The molecule has 0 saturated carbocycles. The molecule has 5 rings (SSSR count). The second-order valence-corrected chi connectivity index (χ2v) is 8.02. The van der Waals surface area contributed by atoms with Crippen LogP contribution in [0.3, 0.4) is 0 Å². The second kappa shape index (κ2) is 8.70. The van der Waals surface area contributed by atoms with E-state index < -0.39 is 0 Å². The highest BCUT2D eigenvalue weighted by molar-refractivity contribution is 6.36. The second-order valence-electron chi connectivity index (χ2n) is 7.21. The number of nitrogens with one attached hydrogen (secondary N) is 1. The van der Waals surface area contributed by atoms with Crippen LogP contribution >= 0.6 is 23.2 Å². The van der Waals surface area contributed by atoms with E-state index >= 15 is 0 Å². The number of hydrogen-bond acceptors (Lipinski definition) is 6. The van der Waals surface area contributed by atoms with Crippen molar-refractivity contribution in [1.29, 1.82) is 0 Å². The summed E-state index contributed by atoms with van der Waals surface area (Å²) in [5.41, 5.74) is 3.58. The Labute approximate surface area is 190 Å². The fourth-order valence-electron chi connectivity index (χ4n) is 3.73. The fraction of sp³-hybridized carbons (Fsp3) is 0.227. The predicted octanol–water partition coefficient (Wildman–Crippen LogP) is 4.71. The van der Waals surface area contributed by atoms with Gasteiger partial charge in [-0.2, -0.15) is 0 Å². The summed E-state index contributed by atoms with van der Waals surface area (Å²) in [5, 5.41) is 4.66. The first-order chi connectivity index (χ1) is 15.2. The van der Waals surface area contributed by atoms with E-state index in [0.717, 1.165) is 43.2 Å². The standard InChI is InChI=1S/C22H20Cl2N6O/c23-16-4-3-5-17(24)15(16)12-30-14-27-21(20-22(30)26-13-25-20)28-18-6-1-2-7-19(18)29-8-10-31-11-9-29/h1-7,13-14,28H,8-12H2. The molecule has 31 heavy (non-hydrogen) atoms. The van der Waals surface area contributed by atoms with E-state index in [9.17, 15) is 0 Å². The minimum atomic E-state index is 0.450. The molecule has 3 aliphatic heterocycles. The molecule has 0 spiro atoms. The first-order valence-corrected chi connectivity index (χ1v) is 10.7. The minimum absolute atomic E-state index is 0.450. The topological polar surface area (TPSA) is 68.1 Å². The molecule has 7 nitrogen and oxygen atoms in total. The molecule has 0 atom stereocenters. The van der Waals surface area contributed by atoms with Crippen LogP contribution in [0.2, 0.25) is 10.0 Å². The van der Waals surface area contributed by atoms with Crippen LogP contribution in [0.1, 0.15) is 5.56 Å². The molecule has 0 radical (unpaired) electrons. The van der Waals surface area contributed by atoms with Gasteiger partial charge in [0, 0.05) is 28.7 Å². The monoisotopic (exact) mass is 454 g/mol. The van der Waals surface area contributed by atoms with Crippen LogP contribution in [0, 0.1) is 0 Å². The van der Waals surface area contributed by atoms with Crippen molar-refractivity contribution in [2.24, 2.45) is 0 Å². The van der Waals surface area contributed by atoms with Crippen molar-refractivity contribution in [2.75, 3.05) is 36.5 Å². The van der Waals surface area contributed by atoms with E-state index in [1.807, 2.05) is 41.0 Å². The highest BCUT2D eigenvalue weighted by atomic mass is 35.5. The lowest BCUT2D eigenvalue weighted by molar-refractivity contribution is 0.123. The molecule has 1 fully saturated rings. The van der Waals surface area contributed by atoms with Crippen molar-refractivity contribution in [3.8, 4) is 11.5 Å². The maximum absolute atomic E-state index is 6.35. The number of anilines is 3. The number of aromatic nitrogens is 4. The molecule has 158 valence electrons. The van der Waals surface area contributed by atoms with Crippen LogP contribution in [0.15, 0.2) is 55.1 Å². The summed E-state index contributed by atoms with van der Waals surface area (Å²) in [5.74, 6) is 1.35. The van der Waals surface area contributed by atoms with Crippen molar-refractivity contribution in [2.45, 2.75) is 6.54 Å². The summed E-state index contributed by atoms with van der Waals surface area (Å²) in [6, 6.07) is 13.7. The SMILES string of the molecule is Clc1cccc(Cl)c1Cn1cnc(Nc2ccccc2N2CCOCC2)c2ncnc1-2. The van der Waals surface area contributed by atoms with Crippen molar-refractivity contribution < 1.29 is 4.74 Å². The molecule has 1 saturated heterocycles. The average molecular weight is 455 g/mol. The summed E-state index contributed by atoms with van der Waals surface area (Å²) in [4.78, 5) is 15.8. The zero-order valence-corrected chi connectivity index (χ0v) is 18.1. The van der Waals surface area contributed by atoms with Crippen LogP contribution in [-0.4, -0.2) is 45.8 Å². The van der Waals surface area contributed by atoms with E-state index in [4.69, 9.17) is 27.9 Å². The Morgan fingerprint density at radius 3 is 2.52 bits per heavy atom. The summed E-state index contributed by atoms with van der Waals surface area (Å²) in [6.45, 7) is 3.60. The Bertz CT molecular complexity index is 1150. The Hall–Kier alpha value is -2.87.